The fourth-order valence-corrected chi connectivity index (χ4v) is 3.46. The van der Waals surface area contributed by atoms with Crippen LogP contribution in [0, 0.1) is 5.92 Å². The fraction of sp³-hybridized carbons (Fsp3) is 0.600. The molecule has 1 aliphatic rings. The third-order valence-electron chi connectivity index (χ3n) is 3.86. The molecular formula is C15H21NO3S. The van der Waals surface area contributed by atoms with Crippen molar-refractivity contribution >= 4 is 23.2 Å². The monoisotopic (exact) mass is 295 g/mol. The van der Waals surface area contributed by atoms with Gasteiger partial charge in [-0.05, 0) is 30.7 Å². The van der Waals surface area contributed by atoms with E-state index in [4.69, 9.17) is 0 Å². The van der Waals surface area contributed by atoms with Crippen molar-refractivity contribution in [3.63, 3.8) is 0 Å². The Morgan fingerprint density at radius 2 is 2.10 bits per heavy atom. The van der Waals surface area contributed by atoms with E-state index >= 15 is 0 Å². The van der Waals surface area contributed by atoms with Crippen LogP contribution < -0.4 is 5.32 Å². The fourth-order valence-electron chi connectivity index (χ4n) is 2.75. The molecule has 1 saturated carbocycles. The summed E-state index contributed by atoms with van der Waals surface area (Å²) >= 11 is 1.65. The van der Waals surface area contributed by atoms with E-state index in [2.05, 4.69) is 5.32 Å². The normalized spacial score (nSPS) is 23.0. The highest BCUT2D eigenvalue weighted by molar-refractivity contribution is 7.09. The van der Waals surface area contributed by atoms with Gasteiger partial charge < -0.3 is 10.4 Å². The zero-order valence-electron chi connectivity index (χ0n) is 11.5. The van der Waals surface area contributed by atoms with Gasteiger partial charge in [-0.15, -0.1) is 11.3 Å². The molecule has 0 bridgehead atoms. The second-order valence-corrected chi connectivity index (χ2v) is 6.37. The maximum atomic E-state index is 12.0. The summed E-state index contributed by atoms with van der Waals surface area (Å²) in [5.74, 6) is -1.24. The van der Waals surface area contributed by atoms with Crippen molar-refractivity contribution in [3.8, 4) is 0 Å². The van der Waals surface area contributed by atoms with E-state index in [0.717, 1.165) is 32.1 Å². The second-order valence-electron chi connectivity index (χ2n) is 5.34. The highest BCUT2D eigenvalue weighted by atomic mass is 32.1. The number of aliphatic carboxylic acids is 1. The first-order valence-corrected chi connectivity index (χ1v) is 8.09. The number of nitrogens with one attached hydrogen (secondary N) is 1. The van der Waals surface area contributed by atoms with Crippen molar-refractivity contribution in [2.45, 2.75) is 51.0 Å². The summed E-state index contributed by atoms with van der Waals surface area (Å²) < 4.78 is 0. The predicted octanol–water partition coefficient (Wildman–Crippen LogP) is 2.83. The average Bonchev–Trinajstić information content (AvgIpc) is 2.82. The van der Waals surface area contributed by atoms with Crippen LogP contribution in [0.3, 0.4) is 0 Å². The Balaban J connectivity index is 1.85. The molecule has 1 heterocycles. The SMILES string of the molecule is O=C(CCc1cccs1)N[C@H]1CCCCC[C@H]1C(=O)O. The van der Waals surface area contributed by atoms with Crippen LogP contribution in [0.15, 0.2) is 17.5 Å². The topological polar surface area (TPSA) is 66.4 Å². The molecule has 1 aliphatic carbocycles. The maximum absolute atomic E-state index is 12.0. The molecule has 2 atom stereocenters. The number of thiophene rings is 1. The zero-order chi connectivity index (χ0) is 14.4. The molecule has 0 radical (unpaired) electrons. The minimum atomic E-state index is -0.782. The Kier molecular flexibility index (Phi) is 5.59. The standard InChI is InChI=1S/C15H21NO3S/c17-14(9-8-11-5-4-10-20-11)16-13-7-3-1-2-6-12(13)15(18)19/h4-5,10,12-13H,1-3,6-9H2,(H,16,17)(H,18,19)/t12-,13+/m1/s1. The summed E-state index contributed by atoms with van der Waals surface area (Å²) in [4.78, 5) is 24.5. The van der Waals surface area contributed by atoms with Gasteiger partial charge in [-0.1, -0.05) is 25.3 Å². The molecule has 4 nitrogen and oxygen atoms in total. The number of carbonyl (C=O) groups is 2. The van der Waals surface area contributed by atoms with Crippen molar-refractivity contribution in [2.24, 2.45) is 5.92 Å². The first-order chi connectivity index (χ1) is 9.66. The van der Waals surface area contributed by atoms with E-state index in [1.165, 1.54) is 4.88 Å². The van der Waals surface area contributed by atoms with Gasteiger partial charge in [0.1, 0.15) is 0 Å². The molecule has 2 N–H and O–H groups in total. The largest absolute Gasteiger partial charge is 0.481 e. The van der Waals surface area contributed by atoms with Crippen molar-refractivity contribution in [3.05, 3.63) is 22.4 Å². The van der Waals surface area contributed by atoms with Gasteiger partial charge in [0, 0.05) is 17.3 Å². The van der Waals surface area contributed by atoms with Crippen LogP contribution in [0.5, 0.6) is 0 Å². The summed E-state index contributed by atoms with van der Waals surface area (Å²) in [7, 11) is 0. The molecule has 0 unspecified atom stereocenters. The van der Waals surface area contributed by atoms with E-state index in [-0.39, 0.29) is 11.9 Å². The minimum Gasteiger partial charge on any atom is -0.481 e. The smallest absolute Gasteiger partial charge is 0.308 e. The molecule has 1 amide bonds. The Morgan fingerprint density at radius 3 is 2.80 bits per heavy atom. The maximum Gasteiger partial charge on any atom is 0.308 e. The molecule has 2 rings (SSSR count). The van der Waals surface area contributed by atoms with Crippen molar-refractivity contribution < 1.29 is 14.7 Å². The molecule has 0 aliphatic heterocycles. The number of carbonyl (C=O) groups excluding carboxylic acids is 1. The van der Waals surface area contributed by atoms with Crippen molar-refractivity contribution in [1.29, 1.82) is 0 Å². The molecule has 110 valence electrons. The van der Waals surface area contributed by atoms with E-state index in [0.29, 0.717) is 12.8 Å². The second kappa shape index (κ2) is 7.43. The summed E-state index contributed by atoms with van der Waals surface area (Å²) in [5, 5.41) is 14.2. The number of amides is 1. The number of rotatable bonds is 5. The molecular weight excluding hydrogens is 274 g/mol. The van der Waals surface area contributed by atoms with Gasteiger partial charge in [0.15, 0.2) is 0 Å². The molecule has 1 aromatic heterocycles. The van der Waals surface area contributed by atoms with Crippen LogP contribution in [0.2, 0.25) is 0 Å². The van der Waals surface area contributed by atoms with E-state index in [1.54, 1.807) is 11.3 Å². The summed E-state index contributed by atoms with van der Waals surface area (Å²) in [6.45, 7) is 0. The lowest BCUT2D eigenvalue weighted by molar-refractivity contribution is -0.143. The third kappa shape index (κ3) is 4.34. The van der Waals surface area contributed by atoms with Gasteiger partial charge in [0.05, 0.1) is 5.92 Å². The first-order valence-electron chi connectivity index (χ1n) is 7.21. The highest BCUT2D eigenvalue weighted by Crippen LogP contribution is 2.24. The lowest BCUT2D eigenvalue weighted by Crippen LogP contribution is -2.42. The highest BCUT2D eigenvalue weighted by Gasteiger charge is 2.30. The van der Waals surface area contributed by atoms with E-state index in [9.17, 15) is 14.7 Å². The van der Waals surface area contributed by atoms with Gasteiger partial charge in [0.25, 0.3) is 0 Å². The van der Waals surface area contributed by atoms with Gasteiger partial charge in [0.2, 0.25) is 5.91 Å². The molecule has 0 saturated heterocycles. The Bertz CT molecular complexity index is 444. The molecule has 1 fully saturated rings. The molecule has 20 heavy (non-hydrogen) atoms. The lowest BCUT2D eigenvalue weighted by atomic mass is 9.94. The van der Waals surface area contributed by atoms with Crippen LogP contribution in [-0.4, -0.2) is 23.0 Å². The Morgan fingerprint density at radius 1 is 1.30 bits per heavy atom. The minimum absolute atomic E-state index is 0.0310. The first kappa shape index (κ1) is 15.0. The van der Waals surface area contributed by atoms with Crippen LogP contribution in [0.1, 0.15) is 43.4 Å². The lowest BCUT2D eigenvalue weighted by Gasteiger charge is -2.22. The van der Waals surface area contributed by atoms with Crippen molar-refractivity contribution in [2.75, 3.05) is 0 Å². The molecule has 0 aromatic carbocycles. The quantitative estimate of drug-likeness (QED) is 0.821. The number of hydrogen-bond donors (Lipinski definition) is 2. The van der Waals surface area contributed by atoms with Gasteiger partial charge >= 0.3 is 5.97 Å². The molecule has 5 heteroatoms. The van der Waals surface area contributed by atoms with Gasteiger partial charge in [-0.2, -0.15) is 0 Å². The number of carboxylic acid groups (broad SMARTS) is 1. The van der Waals surface area contributed by atoms with E-state index < -0.39 is 11.9 Å². The predicted molar refractivity (Wildman–Crippen MR) is 78.8 cm³/mol. The zero-order valence-corrected chi connectivity index (χ0v) is 12.3. The van der Waals surface area contributed by atoms with Crippen LogP contribution in [0.4, 0.5) is 0 Å². The number of carboxylic acids is 1. The van der Waals surface area contributed by atoms with Crippen LogP contribution in [-0.2, 0) is 16.0 Å². The van der Waals surface area contributed by atoms with Crippen LogP contribution in [0.25, 0.3) is 0 Å². The van der Waals surface area contributed by atoms with E-state index in [1.807, 2.05) is 17.5 Å². The van der Waals surface area contributed by atoms with Crippen LogP contribution >= 0.6 is 11.3 Å². The average molecular weight is 295 g/mol. The summed E-state index contributed by atoms with van der Waals surface area (Å²) in [6, 6.07) is 3.79. The summed E-state index contributed by atoms with van der Waals surface area (Å²) in [6.07, 6.45) is 5.62. The summed E-state index contributed by atoms with van der Waals surface area (Å²) in [5.41, 5.74) is 0. The van der Waals surface area contributed by atoms with Gasteiger partial charge in [-0.25, -0.2) is 0 Å². The van der Waals surface area contributed by atoms with Crippen molar-refractivity contribution in [1.82, 2.24) is 5.32 Å². The van der Waals surface area contributed by atoms with Gasteiger partial charge in [-0.3, -0.25) is 9.59 Å². The molecule has 0 spiro atoms. The Labute approximate surface area is 123 Å². The number of aryl methyl sites for hydroxylation is 1. The third-order valence-corrected chi connectivity index (χ3v) is 4.79. The Hall–Kier alpha value is -1.36. The molecule has 1 aromatic rings. The number of hydrogen-bond acceptors (Lipinski definition) is 3.